The summed E-state index contributed by atoms with van der Waals surface area (Å²) < 4.78 is 5.13. The molecule has 0 fully saturated rings. The molecule has 7 heteroatoms. The Morgan fingerprint density at radius 1 is 1.30 bits per heavy atom. The minimum absolute atomic E-state index is 0.0401. The predicted molar refractivity (Wildman–Crippen MR) is 109 cm³/mol. The van der Waals surface area contributed by atoms with Crippen molar-refractivity contribution in [1.82, 2.24) is 10.3 Å². The van der Waals surface area contributed by atoms with Crippen molar-refractivity contribution in [2.75, 3.05) is 19.0 Å². The number of aromatic amines is 1. The van der Waals surface area contributed by atoms with Gasteiger partial charge in [-0.25, -0.2) is 0 Å². The zero-order valence-electron chi connectivity index (χ0n) is 16.3. The molecule has 2 rings (SSSR count). The lowest BCUT2D eigenvalue weighted by Crippen LogP contribution is -2.29. The lowest BCUT2D eigenvalue weighted by molar-refractivity contribution is 0.0950. The molecule has 1 aromatic carbocycles. The highest BCUT2D eigenvalue weighted by Crippen LogP contribution is 2.29. The number of carbonyl (C=O) groups is 1. The van der Waals surface area contributed by atoms with Crippen molar-refractivity contribution in [2.45, 2.75) is 40.3 Å². The maximum absolute atomic E-state index is 12.7. The molecule has 1 atom stereocenters. The van der Waals surface area contributed by atoms with Gasteiger partial charge in [-0.1, -0.05) is 11.6 Å². The monoisotopic (exact) mass is 391 g/mol. The molecule has 1 heterocycles. The molecule has 0 bridgehead atoms. The summed E-state index contributed by atoms with van der Waals surface area (Å²) in [6.45, 7) is 8.17. The average molecular weight is 392 g/mol. The van der Waals surface area contributed by atoms with Gasteiger partial charge in [-0.15, -0.1) is 0 Å². The van der Waals surface area contributed by atoms with Crippen LogP contribution in [0.5, 0.6) is 0 Å². The van der Waals surface area contributed by atoms with E-state index in [1.165, 1.54) is 0 Å². The maximum Gasteiger partial charge on any atom is 0.253 e. The molecule has 6 nitrogen and oxygen atoms in total. The third-order valence-electron chi connectivity index (χ3n) is 4.39. The molecular formula is C20H26ClN3O3. The average Bonchev–Trinajstić information content (AvgIpc) is 2.57. The van der Waals surface area contributed by atoms with Gasteiger partial charge in [0.2, 0.25) is 0 Å². The van der Waals surface area contributed by atoms with E-state index in [2.05, 4.69) is 15.6 Å². The summed E-state index contributed by atoms with van der Waals surface area (Å²) in [7, 11) is 1.63. The van der Waals surface area contributed by atoms with Crippen LogP contribution in [0.15, 0.2) is 23.0 Å². The second-order valence-electron chi connectivity index (χ2n) is 6.72. The summed E-state index contributed by atoms with van der Waals surface area (Å²) in [5.74, 6) is -0.258. The zero-order valence-corrected chi connectivity index (χ0v) is 17.1. The number of hydrogen-bond donors (Lipinski definition) is 3. The molecule has 0 aliphatic rings. The fraction of sp³-hybridized carbons (Fsp3) is 0.400. The lowest BCUT2D eigenvalue weighted by atomic mass is 10.0. The summed E-state index contributed by atoms with van der Waals surface area (Å²) in [6, 6.07) is 5.30. The number of aryl methyl sites for hydroxylation is 2. The van der Waals surface area contributed by atoms with Gasteiger partial charge in [-0.2, -0.15) is 0 Å². The Bertz CT molecular complexity index is 893. The number of anilines is 1. The second kappa shape index (κ2) is 9.06. The van der Waals surface area contributed by atoms with Crippen LogP contribution in [0.2, 0.25) is 5.02 Å². The van der Waals surface area contributed by atoms with Crippen molar-refractivity contribution in [3.63, 3.8) is 0 Å². The molecule has 146 valence electrons. The Morgan fingerprint density at radius 2 is 2.00 bits per heavy atom. The SMILES string of the molecule is COCC(C)Nc1c(Cl)ccc(C(=O)NCc2c(C)cc(C)[nH]c2=O)c1C. The Morgan fingerprint density at radius 3 is 2.63 bits per heavy atom. The van der Waals surface area contributed by atoms with Crippen LogP contribution in [0.4, 0.5) is 5.69 Å². The third kappa shape index (κ3) is 5.11. The summed E-state index contributed by atoms with van der Waals surface area (Å²) in [4.78, 5) is 27.6. The first-order chi connectivity index (χ1) is 12.7. The highest BCUT2D eigenvalue weighted by molar-refractivity contribution is 6.33. The number of halogens is 1. The van der Waals surface area contributed by atoms with E-state index in [0.29, 0.717) is 28.4 Å². The number of nitrogens with one attached hydrogen (secondary N) is 3. The van der Waals surface area contributed by atoms with Crippen LogP contribution >= 0.6 is 11.6 Å². The van der Waals surface area contributed by atoms with Crippen molar-refractivity contribution in [3.05, 3.63) is 61.5 Å². The summed E-state index contributed by atoms with van der Waals surface area (Å²) in [5.41, 5.74) is 3.97. The molecule has 1 amide bonds. The van der Waals surface area contributed by atoms with Crippen LogP contribution < -0.4 is 16.2 Å². The van der Waals surface area contributed by atoms with E-state index in [1.807, 2.05) is 33.8 Å². The number of ether oxygens (including phenoxy) is 1. The van der Waals surface area contributed by atoms with E-state index in [1.54, 1.807) is 19.2 Å². The molecule has 0 aliphatic heterocycles. The van der Waals surface area contributed by atoms with Gasteiger partial charge in [0.1, 0.15) is 0 Å². The molecule has 0 aliphatic carbocycles. The van der Waals surface area contributed by atoms with Crippen LogP contribution in [-0.2, 0) is 11.3 Å². The van der Waals surface area contributed by atoms with Gasteiger partial charge >= 0.3 is 0 Å². The molecule has 1 aromatic heterocycles. The van der Waals surface area contributed by atoms with E-state index in [4.69, 9.17) is 16.3 Å². The normalized spacial score (nSPS) is 11.9. The zero-order chi connectivity index (χ0) is 20.1. The van der Waals surface area contributed by atoms with Gasteiger partial charge in [0.15, 0.2) is 0 Å². The topological polar surface area (TPSA) is 83.2 Å². The minimum atomic E-state index is -0.258. The number of rotatable bonds is 7. The number of hydrogen-bond acceptors (Lipinski definition) is 4. The van der Waals surface area contributed by atoms with Gasteiger partial charge in [-0.3, -0.25) is 9.59 Å². The molecule has 0 saturated carbocycles. The van der Waals surface area contributed by atoms with Crippen molar-refractivity contribution >= 4 is 23.2 Å². The van der Waals surface area contributed by atoms with Gasteiger partial charge in [-0.05, 0) is 57.0 Å². The Balaban J connectivity index is 2.21. The number of H-pyrrole nitrogens is 1. The quantitative estimate of drug-likeness (QED) is 0.676. The van der Waals surface area contributed by atoms with E-state index < -0.39 is 0 Å². The molecular weight excluding hydrogens is 366 g/mol. The first-order valence-electron chi connectivity index (χ1n) is 8.76. The predicted octanol–water partition coefficient (Wildman–Crippen LogP) is 3.33. The fourth-order valence-corrected chi connectivity index (χ4v) is 3.26. The van der Waals surface area contributed by atoms with Gasteiger partial charge in [0.25, 0.3) is 11.5 Å². The van der Waals surface area contributed by atoms with Gasteiger partial charge in [0, 0.05) is 36.5 Å². The smallest absolute Gasteiger partial charge is 0.253 e. The number of benzene rings is 1. The fourth-order valence-electron chi connectivity index (χ4n) is 3.01. The number of amides is 1. The van der Waals surface area contributed by atoms with Gasteiger partial charge < -0.3 is 20.4 Å². The third-order valence-corrected chi connectivity index (χ3v) is 4.70. The van der Waals surface area contributed by atoms with Crippen molar-refractivity contribution in [2.24, 2.45) is 0 Å². The molecule has 0 spiro atoms. The molecule has 2 aromatic rings. The van der Waals surface area contributed by atoms with Crippen molar-refractivity contribution < 1.29 is 9.53 Å². The van der Waals surface area contributed by atoms with E-state index >= 15 is 0 Å². The van der Waals surface area contributed by atoms with Crippen LogP contribution in [0.3, 0.4) is 0 Å². The summed E-state index contributed by atoms with van der Waals surface area (Å²) in [5, 5.41) is 6.65. The van der Waals surface area contributed by atoms with Crippen molar-refractivity contribution in [1.29, 1.82) is 0 Å². The van der Waals surface area contributed by atoms with E-state index in [0.717, 1.165) is 16.8 Å². The number of aromatic nitrogens is 1. The molecule has 0 saturated heterocycles. The lowest BCUT2D eigenvalue weighted by Gasteiger charge is -2.19. The van der Waals surface area contributed by atoms with Gasteiger partial charge in [0.05, 0.1) is 17.3 Å². The molecule has 1 unspecified atom stereocenters. The second-order valence-corrected chi connectivity index (χ2v) is 7.13. The van der Waals surface area contributed by atoms with Crippen LogP contribution in [0.25, 0.3) is 0 Å². The standard InChI is InChI=1S/C20H26ClN3O3/c1-11-8-12(2)24-20(26)16(11)9-22-19(25)15-6-7-17(21)18(14(15)4)23-13(3)10-27-5/h6-8,13,23H,9-10H2,1-5H3,(H,22,25)(H,24,26). The Hall–Kier alpha value is -2.31. The van der Waals surface area contributed by atoms with E-state index in [9.17, 15) is 9.59 Å². The summed E-state index contributed by atoms with van der Waals surface area (Å²) >= 11 is 6.30. The highest BCUT2D eigenvalue weighted by atomic mass is 35.5. The van der Waals surface area contributed by atoms with Crippen LogP contribution in [0.1, 0.15) is 39.7 Å². The number of methoxy groups -OCH3 is 1. The maximum atomic E-state index is 12.7. The minimum Gasteiger partial charge on any atom is -0.383 e. The number of pyridine rings is 1. The molecule has 0 radical (unpaired) electrons. The van der Waals surface area contributed by atoms with Crippen LogP contribution in [-0.4, -0.2) is 30.6 Å². The molecule has 3 N–H and O–H groups in total. The molecule has 27 heavy (non-hydrogen) atoms. The Kier molecular flexibility index (Phi) is 7.05. The first-order valence-corrected chi connectivity index (χ1v) is 9.14. The first kappa shape index (κ1) is 21.0. The van der Waals surface area contributed by atoms with E-state index in [-0.39, 0.29) is 24.1 Å². The largest absolute Gasteiger partial charge is 0.383 e. The summed E-state index contributed by atoms with van der Waals surface area (Å²) in [6.07, 6.45) is 0. The number of carbonyl (C=O) groups excluding carboxylic acids is 1. The van der Waals surface area contributed by atoms with Crippen LogP contribution in [0, 0.1) is 20.8 Å². The van der Waals surface area contributed by atoms with Crippen molar-refractivity contribution in [3.8, 4) is 0 Å². The highest BCUT2D eigenvalue weighted by Gasteiger charge is 2.16. The Labute approximate surface area is 164 Å².